The van der Waals surface area contributed by atoms with Crippen molar-refractivity contribution < 1.29 is 22.7 Å². The highest BCUT2D eigenvalue weighted by molar-refractivity contribution is 5.94. The number of halogens is 3. The molecule has 2 aromatic rings. The van der Waals surface area contributed by atoms with Crippen LogP contribution in [0.15, 0.2) is 48.5 Å². The Morgan fingerprint density at radius 1 is 1.04 bits per heavy atom. The zero-order valence-electron chi connectivity index (χ0n) is 12.7. The van der Waals surface area contributed by atoms with E-state index < -0.39 is 11.7 Å². The molecule has 0 radical (unpaired) electrons. The van der Waals surface area contributed by atoms with E-state index in [0.717, 1.165) is 12.1 Å². The van der Waals surface area contributed by atoms with Crippen LogP contribution in [0.1, 0.15) is 21.5 Å². The van der Waals surface area contributed by atoms with Crippen molar-refractivity contribution in [1.29, 1.82) is 0 Å². The lowest BCUT2D eigenvalue weighted by Crippen LogP contribution is -2.26. The van der Waals surface area contributed by atoms with Gasteiger partial charge in [0.15, 0.2) is 0 Å². The monoisotopic (exact) mass is 323 g/mol. The average molecular weight is 323 g/mol. The molecule has 2 aromatic carbocycles. The quantitative estimate of drug-likeness (QED) is 0.851. The fraction of sp³-hybridized carbons (Fsp3) is 0.235. The number of nitrogens with zero attached hydrogens (tertiary/aromatic N) is 1. The van der Waals surface area contributed by atoms with Gasteiger partial charge in [-0.2, -0.15) is 13.2 Å². The second-order valence-corrected chi connectivity index (χ2v) is 5.08. The van der Waals surface area contributed by atoms with Gasteiger partial charge in [-0.15, -0.1) is 0 Å². The van der Waals surface area contributed by atoms with Crippen LogP contribution in [0.25, 0.3) is 0 Å². The molecule has 0 unspecified atom stereocenters. The summed E-state index contributed by atoms with van der Waals surface area (Å²) in [7, 11) is 3.14. The molecule has 0 aliphatic carbocycles. The molecule has 0 aromatic heterocycles. The Hall–Kier alpha value is -2.50. The number of rotatable bonds is 4. The predicted molar refractivity (Wildman–Crippen MR) is 80.2 cm³/mol. The van der Waals surface area contributed by atoms with Gasteiger partial charge in [0, 0.05) is 19.2 Å². The van der Waals surface area contributed by atoms with Crippen molar-refractivity contribution in [3.8, 4) is 5.75 Å². The maximum Gasteiger partial charge on any atom is 0.416 e. The minimum absolute atomic E-state index is 0.215. The van der Waals surface area contributed by atoms with Crippen molar-refractivity contribution in [3.63, 3.8) is 0 Å². The summed E-state index contributed by atoms with van der Waals surface area (Å²) in [6, 6.07) is 11.4. The van der Waals surface area contributed by atoms with Crippen LogP contribution >= 0.6 is 0 Å². The van der Waals surface area contributed by atoms with Gasteiger partial charge in [-0.05, 0) is 42.0 Å². The molecule has 0 heterocycles. The number of ether oxygens (including phenoxy) is 1. The SMILES string of the molecule is COc1ccc(C(=O)N(C)Cc2ccc(C(F)(F)F)cc2)cc1. The molecule has 0 aliphatic heterocycles. The number of carbonyl (C=O) groups excluding carboxylic acids is 1. The van der Waals surface area contributed by atoms with Gasteiger partial charge in [-0.1, -0.05) is 12.1 Å². The third kappa shape index (κ3) is 4.25. The van der Waals surface area contributed by atoms with E-state index in [-0.39, 0.29) is 12.5 Å². The van der Waals surface area contributed by atoms with Crippen LogP contribution in [0.5, 0.6) is 5.75 Å². The Morgan fingerprint density at radius 2 is 1.61 bits per heavy atom. The Kier molecular flexibility index (Phi) is 4.93. The van der Waals surface area contributed by atoms with Crippen molar-refractivity contribution in [2.75, 3.05) is 14.2 Å². The van der Waals surface area contributed by atoms with E-state index in [1.165, 1.54) is 24.1 Å². The van der Waals surface area contributed by atoms with Gasteiger partial charge in [-0.3, -0.25) is 4.79 Å². The molecule has 2 rings (SSSR count). The molecule has 23 heavy (non-hydrogen) atoms. The molecular weight excluding hydrogens is 307 g/mol. The summed E-state index contributed by atoms with van der Waals surface area (Å²) in [6.45, 7) is 0.225. The zero-order valence-corrected chi connectivity index (χ0v) is 12.7. The fourth-order valence-electron chi connectivity index (χ4n) is 2.10. The molecule has 3 nitrogen and oxygen atoms in total. The zero-order chi connectivity index (χ0) is 17.0. The van der Waals surface area contributed by atoms with Crippen molar-refractivity contribution in [3.05, 3.63) is 65.2 Å². The first-order chi connectivity index (χ1) is 10.8. The lowest BCUT2D eigenvalue weighted by atomic mass is 10.1. The molecule has 0 spiro atoms. The Bertz CT molecular complexity index is 664. The first kappa shape index (κ1) is 16.9. The lowest BCUT2D eigenvalue weighted by molar-refractivity contribution is -0.137. The van der Waals surface area contributed by atoms with Crippen LogP contribution in [0.4, 0.5) is 13.2 Å². The number of methoxy groups -OCH3 is 1. The Morgan fingerprint density at radius 3 is 2.09 bits per heavy atom. The van der Waals surface area contributed by atoms with Crippen molar-refractivity contribution in [2.45, 2.75) is 12.7 Å². The molecular formula is C17H16F3NO2. The number of benzene rings is 2. The number of hydrogen-bond donors (Lipinski definition) is 0. The van der Waals surface area contributed by atoms with E-state index in [2.05, 4.69) is 0 Å². The summed E-state index contributed by atoms with van der Waals surface area (Å²) in [4.78, 5) is 13.7. The van der Waals surface area contributed by atoms with Crippen LogP contribution in [0.2, 0.25) is 0 Å². The normalized spacial score (nSPS) is 11.2. The topological polar surface area (TPSA) is 29.5 Å². The highest BCUT2D eigenvalue weighted by Crippen LogP contribution is 2.29. The summed E-state index contributed by atoms with van der Waals surface area (Å²) in [5, 5.41) is 0. The van der Waals surface area contributed by atoms with Gasteiger partial charge in [0.2, 0.25) is 0 Å². The van der Waals surface area contributed by atoms with E-state index in [9.17, 15) is 18.0 Å². The Balaban J connectivity index is 2.05. The van der Waals surface area contributed by atoms with Crippen LogP contribution in [0.3, 0.4) is 0 Å². The summed E-state index contributed by atoms with van der Waals surface area (Å²) in [5.74, 6) is 0.430. The summed E-state index contributed by atoms with van der Waals surface area (Å²) in [6.07, 6.45) is -4.36. The summed E-state index contributed by atoms with van der Waals surface area (Å²) in [5.41, 5.74) is 0.410. The number of carbonyl (C=O) groups is 1. The molecule has 0 saturated carbocycles. The van der Waals surface area contributed by atoms with Crippen molar-refractivity contribution in [1.82, 2.24) is 4.90 Å². The molecule has 0 N–H and O–H groups in total. The van der Waals surface area contributed by atoms with Gasteiger partial charge in [-0.25, -0.2) is 0 Å². The van der Waals surface area contributed by atoms with Crippen LogP contribution in [-0.4, -0.2) is 25.0 Å². The minimum atomic E-state index is -4.36. The largest absolute Gasteiger partial charge is 0.497 e. The smallest absolute Gasteiger partial charge is 0.416 e. The molecule has 0 bridgehead atoms. The maximum absolute atomic E-state index is 12.5. The first-order valence-electron chi connectivity index (χ1n) is 6.87. The molecule has 0 atom stereocenters. The first-order valence-corrected chi connectivity index (χ1v) is 6.87. The lowest BCUT2D eigenvalue weighted by Gasteiger charge is -2.18. The van der Waals surface area contributed by atoms with Crippen LogP contribution < -0.4 is 4.74 Å². The van der Waals surface area contributed by atoms with Crippen molar-refractivity contribution in [2.24, 2.45) is 0 Å². The molecule has 122 valence electrons. The molecule has 6 heteroatoms. The molecule has 0 saturated heterocycles. The Labute approximate surface area is 132 Å². The number of amides is 1. The van der Waals surface area contributed by atoms with Gasteiger partial charge < -0.3 is 9.64 Å². The minimum Gasteiger partial charge on any atom is -0.497 e. The van der Waals surface area contributed by atoms with Gasteiger partial charge in [0.25, 0.3) is 5.91 Å². The highest BCUT2D eigenvalue weighted by Gasteiger charge is 2.29. The second kappa shape index (κ2) is 6.73. The van der Waals surface area contributed by atoms with Gasteiger partial charge in [0.05, 0.1) is 12.7 Å². The molecule has 1 amide bonds. The third-order valence-corrected chi connectivity index (χ3v) is 3.38. The number of alkyl halides is 3. The van der Waals surface area contributed by atoms with Crippen LogP contribution in [0, 0.1) is 0 Å². The van der Waals surface area contributed by atoms with E-state index in [1.807, 2.05) is 0 Å². The maximum atomic E-state index is 12.5. The third-order valence-electron chi connectivity index (χ3n) is 3.38. The molecule has 0 aliphatic rings. The fourth-order valence-corrected chi connectivity index (χ4v) is 2.10. The second-order valence-electron chi connectivity index (χ2n) is 5.08. The standard InChI is InChI=1S/C17H16F3NO2/c1-21(16(22)13-5-9-15(23-2)10-6-13)11-12-3-7-14(8-4-12)17(18,19)20/h3-10H,11H2,1-2H3. The van der Waals surface area contributed by atoms with E-state index >= 15 is 0 Å². The highest BCUT2D eigenvalue weighted by atomic mass is 19.4. The average Bonchev–Trinajstić information content (AvgIpc) is 2.54. The van der Waals surface area contributed by atoms with Gasteiger partial charge >= 0.3 is 6.18 Å². The summed E-state index contributed by atoms with van der Waals surface area (Å²) >= 11 is 0. The van der Waals surface area contributed by atoms with E-state index in [4.69, 9.17) is 4.74 Å². The predicted octanol–water partition coefficient (Wildman–Crippen LogP) is 3.99. The molecule has 0 fully saturated rings. The van der Waals surface area contributed by atoms with E-state index in [1.54, 1.807) is 31.3 Å². The van der Waals surface area contributed by atoms with E-state index in [0.29, 0.717) is 16.9 Å². The summed E-state index contributed by atoms with van der Waals surface area (Å²) < 4.78 is 42.6. The number of hydrogen-bond acceptors (Lipinski definition) is 2. The van der Waals surface area contributed by atoms with Crippen LogP contribution in [-0.2, 0) is 12.7 Å². The van der Waals surface area contributed by atoms with Crippen molar-refractivity contribution >= 4 is 5.91 Å². The van der Waals surface area contributed by atoms with Gasteiger partial charge in [0.1, 0.15) is 5.75 Å².